The van der Waals surface area contributed by atoms with E-state index in [1.54, 1.807) is 18.2 Å². The number of ether oxygens (including phenoxy) is 2. The van der Waals surface area contributed by atoms with Gasteiger partial charge in [-0.15, -0.1) is 0 Å². The normalized spacial score (nSPS) is 12.0. The lowest BCUT2D eigenvalue weighted by atomic mass is 10.0. The van der Waals surface area contributed by atoms with Crippen LogP contribution in [0.1, 0.15) is 36.6 Å². The Balaban J connectivity index is 1.88. The maximum absolute atomic E-state index is 10.8. The van der Waals surface area contributed by atoms with Crippen molar-refractivity contribution < 1.29 is 14.4 Å². The molecule has 0 aromatic heterocycles. The summed E-state index contributed by atoms with van der Waals surface area (Å²) < 4.78 is 11.9. The minimum absolute atomic E-state index is 0.0197. The third-order valence-electron chi connectivity index (χ3n) is 4.66. The predicted molar refractivity (Wildman–Crippen MR) is 120 cm³/mol. The summed E-state index contributed by atoms with van der Waals surface area (Å²) in [5.41, 5.74) is 2.79. The molecule has 0 saturated carbocycles. The Kier molecular flexibility index (Phi) is 7.02. The van der Waals surface area contributed by atoms with E-state index in [0.717, 1.165) is 11.1 Å². The zero-order valence-electron chi connectivity index (χ0n) is 17.3. The van der Waals surface area contributed by atoms with Gasteiger partial charge in [-0.3, -0.25) is 10.1 Å². The Labute approximate surface area is 181 Å². The molecule has 0 radical (unpaired) electrons. The quantitative estimate of drug-likeness (QED) is 0.190. The van der Waals surface area contributed by atoms with Crippen LogP contribution in [0.15, 0.2) is 72.8 Å². The van der Waals surface area contributed by atoms with E-state index in [-0.39, 0.29) is 11.8 Å². The Hall–Kier alpha value is -4.11. The molecule has 0 bridgehead atoms. The number of allylic oxidation sites excluding steroid dienone is 1. The lowest BCUT2D eigenvalue weighted by Gasteiger charge is -2.18. The third-order valence-corrected chi connectivity index (χ3v) is 4.66. The zero-order chi connectivity index (χ0) is 22.2. The van der Waals surface area contributed by atoms with Crippen molar-refractivity contribution in [3.63, 3.8) is 0 Å². The standard InChI is InChI=1S/C25H22N2O4/c1-3-30-25-16-19(9-14-24(25)31-18(2)20-7-5-4-6-8-20)15-22(17-26)21-10-12-23(13-11-21)27(28)29/h4-16,18H,3H2,1-2H3/b22-15-/t18-/m0/s1. The van der Waals surface area contributed by atoms with Crippen LogP contribution in [0.2, 0.25) is 0 Å². The highest BCUT2D eigenvalue weighted by Crippen LogP contribution is 2.33. The topological polar surface area (TPSA) is 85.4 Å². The average Bonchev–Trinajstić information content (AvgIpc) is 2.79. The van der Waals surface area contributed by atoms with Crippen LogP contribution in [0.5, 0.6) is 11.5 Å². The second kappa shape index (κ2) is 10.1. The van der Waals surface area contributed by atoms with Crippen LogP contribution in [-0.2, 0) is 0 Å². The van der Waals surface area contributed by atoms with E-state index >= 15 is 0 Å². The summed E-state index contributed by atoms with van der Waals surface area (Å²) in [7, 11) is 0. The SMILES string of the molecule is CCOc1cc(/C=C(/C#N)c2ccc([N+](=O)[O-])cc2)ccc1O[C@@H](C)c1ccccc1. The minimum atomic E-state index is -0.469. The maximum Gasteiger partial charge on any atom is 0.269 e. The Morgan fingerprint density at radius 2 is 1.81 bits per heavy atom. The van der Waals surface area contributed by atoms with Crippen LogP contribution >= 0.6 is 0 Å². The number of benzene rings is 3. The molecular formula is C25H22N2O4. The van der Waals surface area contributed by atoms with E-state index in [0.29, 0.717) is 29.2 Å². The summed E-state index contributed by atoms with van der Waals surface area (Å²) in [4.78, 5) is 10.4. The molecule has 1 atom stereocenters. The predicted octanol–water partition coefficient (Wildman–Crippen LogP) is 6.20. The Morgan fingerprint density at radius 1 is 1.10 bits per heavy atom. The molecule has 0 saturated heterocycles. The second-order valence-electron chi connectivity index (χ2n) is 6.78. The minimum Gasteiger partial charge on any atom is -0.490 e. The molecular weight excluding hydrogens is 392 g/mol. The number of rotatable bonds is 8. The van der Waals surface area contributed by atoms with Crippen molar-refractivity contribution in [1.82, 2.24) is 0 Å². The monoisotopic (exact) mass is 414 g/mol. The fraction of sp³-hybridized carbons (Fsp3) is 0.160. The van der Waals surface area contributed by atoms with Crippen molar-refractivity contribution in [2.45, 2.75) is 20.0 Å². The van der Waals surface area contributed by atoms with Gasteiger partial charge in [0.05, 0.1) is 23.2 Å². The average molecular weight is 414 g/mol. The zero-order valence-corrected chi connectivity index (χ0v) is 17.3. The van der Waals surface area contributed by atoms with Gasteiger partial charge in [0.1, 0.15) is 6.10 Å². The first-order chi connectivity index (χ1) is 15.0. The lowest BCUT2D eigenvalue weighted by molar-refractivity contribution is -0.384. The van der Waals surface area contributed by atoms with E-state index in [4.69, 9.17) is 9.47 Å². The van der Waals surface area contributed by atoms with E-state index in [1.165, 1.54) is 12.1 Å². The highest BCUT2D eigenvalue weighted by molar-refractivity contribution is 5.90. The summed E-state index contributed by atoms with van der Waals surface area (Å²) in [5.74, 6) is 1.20. The molecule has 3 aromatic carbocycles. The Morgan fingerprint density at radius 3 is 2.42 bits per heavy atom. The molecule has 31 heavy (non-hydrogen) atoms. The van der Waals surface area contributed by atoms with E-state index < -0.39 is 4.92 Å². The largest absolute Gasteiger partial charge is 0.490 e. The van der Waals surface area contributed by atoms with Crippen LogP contribution in [-0.4, -0.2) is 11.5 Å². The second-order valence-corrected chi connectivity index (χ2v) is 6.78. The maximum atomic E-state index is 10.8. The summed E-state index contributed by atoms with van der Waals surface area (Å²) in [6.07, 6.45) is 1.56. The van der Waals surface area contributed by atoms with Gasteiger partial charge >= 0.3 is 0 Å². The smallest absolute Gasteiger partial charge is 0.269 e. The molecule has 0 aliphatic rings. The molecule has 0 N–H and O–H groups in total. The molecule has 156 valence electrons. The van der Waals surface area contributed by atoms with E-state index in [1.807, 2.05) is 62.4 Å². The van der Waals surface area contributed by atoms with Crippen LogP contribution in [0.25, 0.3) is 11.6 Å². The fourth-order valence-electron chi connectivity index (χ4n) is 3.07. The van der Waals surface area contributed by atoms with Gasteiger partial charge in [0.15, 0.2) is 11.5 Å². The van der Waals surface area contributed by atoms with Gasteiger partial charge in [-0.05, 0) is 60.9 Å². The first kappa shape index (κ1) is 21.6. The Bertz CT molecular complexity index is 1120. The van der Waals surface area contributed by atoms with Crippen LogP contribution in [0, 0.1) is 21.4 Å². The molecule has 0 fully saturated rings. The van der Waals surface area contributed by atoms with Gasteiger partial charge < -0.3 is 9.47 Å². The summed E-state index contributed by atoms with van der Waals surface area (Å²) >= 11 is 0. The molecule has 6 nitrogen and oxygen atoms in total. The van der Waals surface area contributed by atoms with Crippen molar-refractivity contribution in [1.29, 1.82) is 5.26 Å². The van der Waals surface area contributed by atoms with Gasteiger partial charge in [0, 0.05) is 12.1 Å². The number of hydrogen-bond donors (Lipinski definition) is 0. The number of hydrogen-bond acceptors (Lipinski definition) is 5. The highest BCUT2D eigenvalue weighted by atomic mass is 16.6. The number of nitrogens with zero attached hydrogens (tertiary/aromatic N) is 2. The molecule has 0 aliphatic carbocycles. The molecule has 3 aromatic rings. The van der Waals surface area contributed by atoms with Crippen molar-refractivity contribution in [3.05, 3.63) is 99.6 Å². The van der Waals surface area contributed by atoms with Gasteiger partial charge in [0.25, 0.3) is 5.69 Å². The van der Waals surface area contributed by atoms with Crippen LogP contribution in [0.4, 0.5) is 5.69 Å². The van der Waals surface area contributed by atoms with Crippen LogP contribution < -0.4 is 9.47 Å². The lowest BCUT2D eigenvalue weighted by Crippen LogP contribution is -2.05. The number of nitriles is 1. The molecule has 3 rings (SSSR count). The number of nitro groups is 1. The first-order valence-corrected chi connectivity index (χ1v) is 9.87. The van der Waals surface area contributed by atoms with Crippen molar-refractivity contribution in [2.75, 3.05) is 6.61 Å². The molecule has 0 aliphatic heterocycles. The molecule has 0 spiro atoms. The van der Waals surface area contributed by atoms with Gasteiger partial charge in [-0.1, -0.05) is 36.4 Å². The van der Waals surface area contributed by atoms with Gasteiger partial charge in [-0.2, -0.15) is 5.26 Å². The van der Waals surface area contributed by atoms with E-state index in [2.05, 4.69) is 6.07 Å². The van der Waals surface area contributed by atoms with Crippen molar-refractivity contribution in [2.24, 2.45) is 0 Å². The summed E-state index contributed by atoms with van der Waals surface area (Å²) in [5, 5.41) is 20.4. The first-order valence-electron chi connectivity index (χ1n) is 9.87. The van der Waals surface area contributed by atoms with Crippen LogP contribution in [0.3, 0.4) is 0 Å². The molecule has 0 amide bonds. The summed E-state index contributed by atoms with van der Waals surface area (Å²) in [6.45, 7) is 4.34. The molecule has 6 heteroatoms. The van der Waals surface area contributed by atoms with Crippen molar-refractivity contribution >= 4 is 17.3 Å². The fourth-order valence-corrected chi connectivity index (χ4v) is 3.07. The molecule has 0 unspecified atom stereocenters. The highest BCUT2D eigenvalue weighted by Gasteiger charge is 2.13. The summed E-state index contributed by atoms with van der Waals surface area (Å²) in [6, 6.07) is 23.4. The van der Waals surface area contributed by atoms with E-state index in [9.17, 15) is 15.4 Å². The number of non-ortho nitro benzene ring substituents is 1. The van der Waals surface area contributed by atoms with Gasteiger partial charge in [0.2, 0.25) is 0 Å². The molecule has 0 heterocycles. The number of nitro benzene ring substituents is 1. The van der Waals surface area contributed by atoms with Crippen molar-refractivity contribution in [3.8, 4) is 17.6 Å². The van der Waals surface area contributed by atoms with Gasteiger partial charge in [-0.25, -0.2) is 0 Å². The third kappa shape index (κ3) is 5.49.